The van der Waals surface area contributed by atoms with Crippen molar-refractivity contribution in [3.63, 3.8) is 0 Å². The van der Waals surface area contributed by atoms with Crippen molar-refractivity contribution in [1.82, 2.24) is 0 Å². The van der Waals surface area contributed by atoms with Gasteiger partial charge in [0, 0.05) is 32.1 Å². The Morgan fingerprint density at radius 3 is 2.23 bits per heavy atom. The van der Waals surface area contributed by atoms with Crippen molar-refractivity contribution in [2.75, 3.05) is 33.5 Å². The molecule has 0 aliphatic carbocycles. The molecular formula is C27H48N2O6. The molecule has 1 aromatic carbocycles. The number of aliphatic carboxylic acids is 1. The van der Waals surface area contributed by atoms with Gasteiger partial charge in [-0.1, -0.05) is 33.8 Å². The van der Waals surface area contributed by atoms with Crippen LogP contribution in [0.25, 0.3) is 0 Å². The molecule has 202 valence electrons. The Balaban J connectivity index is 3.20. The normalized spacial score (nSPS) is 15.9. The van der Waals surface area contributed by atoms with Crippen LogP contribution >= 0.6 is 0 Å². The summed E-state index contributed by atoms with van der Waals surface area (Å²) in [6.07, 6.45) is 3.09. The molecule has 0 bridgehead atoms. The molecule has 0 spiro atoms. The summed E-state index contributed by atoms with van der Waals surface area (Å²) in [4.78, 5) is 12.0. The van der Waals surface area contributed by atoms with Gasteiger partial charge in [0.25, 0.3) is 0 Å². The van der Waals surface area contributed by atoms with Gasteiger partial charge in [-0.05, 0) is 61.8 Å². The molecule has 8 nitrogen and oxygen atoms in total. The molecule has 0 amide bonds. The number of hydrogen-bond acceptors (Lipinski definition) is 7. The number of carboxylic acids is 1. The number of benzene rings is 1. The van der Waals surface area contributed by atoms with Crippen LogP contribution < -0.4 is 20.9 Å². The standard InChI is InChI=1S/C27H48N2O6/c1-18(2)19(3)16-22(29)26(30)25(20(4)27(31)32)21-10-11-23(34-14-8-6-7-12-28)24(17-21)35-15-9-13-33-5/h10-11,17-20,22,25-26,30H,6-9,12-16,28-29H2,1-5H3,(H,31,32)/t19-,20+,22-,25?,26+/m0/s1. The van der Waals surface area contributed by atoms with E-state index in [0.717, 1.165) is 19.3 Å². The van der Waals surface area contributed by atoms with Crippen LogP contribution in [0, 0.1) is 17.8 Å². The lowest BCUT2D eigenvalue weighted by Crippen LogP contribution is -2.43. The molecule has 0 fully saturated rings. The van der Waals surface area contributed by atoms with Crippen LogP contribution in [0.2, 0.25) is 0 Å². The molecule has 0 radical (unpaired) electrons. The van der Waals surface area contributed by atoms with Crippen LogP contribution in [0.15, 0.2) is 18.2 Å². The molecule has 8 heteroatoms. The van der Waals surface area contributed by atoms with Gasteiger partial charge >= 0.3 is 5.97 Å². The zero-order valence-corrected chi connectivity index (χ0v) is 22.2. The van der Waals surface area contributed by atoms with Gasteiger partial charge in [0.05, 0.1) is 25.2 Å². The quantitative estimate of drug-likeness (QED) is 0.212. The first-order valence-corrected chi connectivity index (χ1v) is 12.9. The summed E-state index contributed by atoms with van der Waals surface area (Å²) in [7, 11) is 1.64. The first-order chi connectivity index (χ1) is 16.6. The van der Waals surface area contributed by atoms with Crippen molar-refractivity contribution in [2.24, 2.45) is 29.2 Å². The number of carbonyl (C=O) groups is 1. The van der Waals surface area contributed by atoms with E-state index in [1.165, 1.54) is 0 Å². The summed E-state index contributed by atoms with van der Waals surface area (Å²) in [5, 5.41) is 21.0. The smallest absolute Gasteiger partial charge is 0.306 e. The number of unbranched alkanes of at least 4 members (excludes halogenated alkanes) is 2. The van der Waals surface area contributed by atoms with Gasteiger partial charge in [-0.25, -0.2) is 0 Å². The molecule has 0 saturated heterocycles. The van der Waals surface area contributed by atoms with E-state index in [9.17, 15) is 15.0 Å². The minimum Gasteiger partial charge on any atom is -0.490 e. The minimum absolute atomic E-state index is 0.301. The molecule has 0 saturated carbocycles. The third-order valence-corrected chi connectivity index (χ3v) is 6.73. The molecule has 35 heavy (non-hydrogen) atoms. The maximum atomic E-state index is 12.0. The molecule has 6 N–H and O–H groups in total. The average Bonchev–Trinajstić information content (AvgIpc) is 2.82. The Labute approximate surface area is 211 Å². The Bertz CT molecular complexity index is 730. The van der Waals surface area contributed by atoms with Gasteiger partial charge in [0.1, 0.15) is 0 Å². The number of aliphatic hydroxyl groups excluding tert-OH is 1. The lowest BCUT2D eigenvalue weighted by Gasteiger charge is -2.33. The lowest BCUT2D eigenvalue weighted by molar-refractivity contribution is -0.143. The first-order valence-electron chi connectivity index (χ1n) is 12.9. The second kappa shape index (κ2) is 16.7. The highest BCUT2D eigenvalue weighted by atomic mass is 16.5. The highest BCUT2D eigenvalue weighted by Gasteiger charge is 2.36. The zero-order valence-electron chi connectivity index (χ0n) is 22.2. The molecule has 0 heterocycles. The number of methoxy groups -OCH3 is 1. The summed E-state index contributed by atoms with van der Waals surface area (Å²) in [6, 6.07) is 4.83. The zero-order chi connectivity index (χ0) is 26.4. The van der Waals surface area contributed by atoms with Gasteiger partial charge in [0.15, 0.2) is 11.5 Å². The molecule has 1 rings (SSSR count). The Hall–Kier alpha value is -1.87. The molecule has 1 unspecified atom stereocenters. The van der Waals surface area contributed by atoms with E-state index in [1.54, 1.807) is 26.2 Å². The average molecular weight is 497 g/mol. The number of carboxylic acid groups (broad SMARTS) is 1. The van der Waals surface area contributed by atoms with E-state index < -0.39 is 30.0 Å². The Morgan fingerprint density at radius 2 is 1.63 bits per heavy atom. The van der Waals surface area contributed by atoms with Gasteiger partial charge in [-0.15, -0.1) is 0 Å². The van der Waals surface area contributed by atoms with E-state index in [0.29, 0.717) is 68.1 Å². The third-order valence-electron chi connectivity index (χ3n) is 6.73. The van der Waals surface area contributed by atoms with Crippen molar-refractivity contribution in [1.29, 1.82) is 0 Å². The van der Waals surface area contributed by atoms with Crippen molar-refractivity contribution in [2.45, 2.75) is 77.9 Å². The number of hydrogen-bond donors (Lipinski definition) is 4. The van der Waals surface area contributed by atoms with Crippen molar-refractivity contribution < 1.29 is 29.2 Å². The molecule has 0 aliphatic heterocycles. The third kappa shape index (κ3) is 10.7. The number of nitrogens with two attached hydrogens (primary N) is 2. The second-order valence-electron chi connectivity index (χ2n) is 9.86. The fourth-order valence-corrected chi connectivity index (χ4v) is 4.00. The fraction of sp³-hybridized carbons (Fsp3) is 0.741. The van der Waals surface area contributed by atoms with Gasteiger partial charge in [-0.3, -0.25) is 4.79 Å². The molecule has 0 aromatic heterocycles. The summed E-state index contributed by atoms with van der Waals surface area (Å²) in [5.74, 6) is -0.686. The van der Waals surface area contributed by atoms with E-state index in [1.807, 2.05) is 6.07 Å². The van der Waals surface area contributed by atoms with E-state index >= 15 is 0 Å². The van der Waals surface area contributed by atoms with Crippen LogP contribution in [-0.4, -0.2) is 61.8 Å². The number of aliphatic hydroxyl groups is 1. The summed E-state index contributed by atoms with van der Waals surface area (Å²) >= 11 is 0. The van der Waals surface area contributed by atoms with E-state index in [-0.39, 0.29) is 0 Å². The van der Waals surface area contributed by atoms with Crippen molar-refractivity contribution in [3.05, 3.63) is 23.8 Å². The maximum absolute atomic E-state index is 12.0. The Kier molecular flexibility index (Phi) is 14.9. The highest BCUT2D eigenvalue weighted by molar-refractivity contribution is 5.71. The molecule has 5 atom stereocenters. The van der Waals surface area contributed by atoms with Gasteiger partial charge < -0.3 is 35.9 Å². The van der Waals surface area contributed by atoms with Crippen molar-refractivity contribution in [3.8, 4) is 11.5 Å². The van der Waals surface area contributed by atoms with E-state index in [4.69, 9.17) is 25.7 Å². The molecule has 1 aromatic rings. The van der Waals surface area contributed by atoms with Crippen LogP contribution in [0.5, 0.6) is 11.5 Å². The maximum Gasteiger partial charge on any atom is 0.306 e. The highest BCUT2D eigenvalue weighted by Crippen LogP contribution is 2.37. The summed E-state index contributed by atoms with van der Waals surface area (Å²) < 4.78 is 17.1. The molecular weight excluding hydrogens is 448 g/mol. The topological polar surface area (TPSA) is 137 Å². The first kappa shape index (κ1) is 31.2. The minimum atomic E-state index is -1.02. The van der Waals surface area contributed by atoms with Crippen LogP contribution in [0.1, 0.15) is 71.3 Å². The van der Waals surface area contributed by atoms with E-state index in [2.05, 4.69) is 20.8 Å². The summed E-state index contributed by atoms with van der Waals surface area (Å²) in [5.41, 5.74) is 12.6. The predicted molar refractivity (Wildman–Crippen MR) is 139 cm³/mol. The lowest BCUT2D eigenvalue weighted by atomic mass is 9.77. The number of ether oxygens (including phenoxy) is 3. The van der Waals surface area contributed by atoms with Crippen LogP contribution in [0.3, 0.4) is 0 Å². The predicted octanol–water partition coefficient (Wildman–Crippen LogP) is 3.78. The number of rotatable bonds is 19. The van der Waals surface area contributed by atoms with Crippen LogP contribution in [0.4, 0.5) is 0 Å². The fourth-order valence-electron chi connectivity index (χ4n) is 4.00. The summed E-state index contributed by atoms with van der Waals surface area (Å²) in [6.45, 7) is 10.1. The monoisotopic (exact) mass is 496 g/mol. The molecule has 0 aliphatic rings. The van der Waals surface area contributed by atoms with Crippen LogP contribution in [-0.2, 0) is 9.53 Å². The second-order valence-corrected chi connectivity index (χ2v) is 9.86. The largest absolute Gasteiger partial charge is 0.490 e. The SMILES string of the molecule is COCCCOc1cc(C([C@@H](C)C(=O)O)[C@H](O)[C@@H](N)C[C@H](C)C(C)C)ccc1OCCCCCN. The van der Waals surface area contributed by atoms with Gasteiger partial charge in [-0.2, -0.15) is 0 Å². The van der Waals surface area contributed by atoms with Crippen molar-refractivity contribution >= 4 is 5.97 Å². The van der Waals surface area contributed by atoms with Gasteiger partial charge in [0.2, 0.25) is 0 Å². The Morgan fingerprint density at radius 1 is 0.971 bits per heavy atom.